The molecule has 1 N–H and O–H groups in total. The van der Waals surface area contributed by atoms with E-state index in [1.807, 2.05) is 48.5 Å². The number of carbonyl (C=O) groups is 1. The molecule has 0 amide bonds. The molecule has 24 heavy (non-hydrogen) atoms. The summed E-state index contributed by atoms with van der Waals surface area (Å²) in [5.41, 5.74) is 2.10. The summed E-state index contributed by atoms with van der Waals surface area (Å²) in [6, 6.07) is 15.6. The molecule has 2 aromatic carbocycles. The highest BCUT2D eigenvalue weighted by Crippen LogP contribution is 2.36. The third kappa shape index (κ3) is 3.75. The van der Waals surface area contributed by atoms with Crippen LogP contribution in [0.5, 0.6) is 0 Å². The van der Waals surface area contributed by atoms with Crippen LogP contribution in [-0.2, 0) is 4.79 Å². The number of benzene rings is 2. The Morgan fingerprint density at radius 1 is 1.08 bits per heavy atom. The number of rotatable bonds is 4. The van der Waals surface area contributed by atoms with E-state index in [1.54, 1.807) is 0 Å². The summed E-state index contributed by atoms with van der Waals surface area (Å²) >= 11 is 12.6. The second kappa shape index (κ2) is 7.56. The minimum atomic E-state index is -0.702. The SMILES string of the molecule is O=C(O)C1CCN(C(c2cccc(Cl)c2)c2ccccc2Cl)CC1. The van der Waals surface area contributed by atoms with Crippen LogP contribution in [0.15, 0.2) is 48.5 Å². The number of carboxylic acids is 1. The molecule has 0 radical (unpaired) electrons. The monoisotopic (exact) mass is 363 g/mol. The van der Waals surface area contributed by atoms with Crippen molar-refractivity contribution in [3.05, 3.63) is 69.7 Å². The van der Waals surface area contributed by atoms with Crippen LogP contribution in [0.2, 0.25) is 10.0 Å². The van der Waals surface area contributed by atoms with Crippen molar-refractivity contribution in [3.8, 4) is 0 Å². The second-order valence-electron chi connectivity index (χ2n) is 6.13. The van der Waals surface area contributed by atoms with Gasteiger partial charge < -0.3 is 5.11 Å². The Hall–Kier alpha value is -1.55. The Balaban J connectivity index is 1.95. The third-order valence-electron chi connectivity index (χ3n) is 4.61. The summed E-state index contributed by atoms with van der Waals surface area (Å²) in [5.74, 6) is -0.959. The number of carboxylic acid groups (broad SMARTS) is 1. The Bertz CT molecular complexity index is 727. The van der Waals surface area contributed by atoms with E-state index in [4.69, 9.17) is 23.2 Å². The Morgan fingerprint density at radius 3 is 2.42 bits per heavy atom. The Kier molecular flexibility index (Phi) is 5.44. The fraction of sp³-hybridized carbons (Fsp3) is 0.316. The van der Waals surface area contributed by atoms with Crippen molar-refractivity contribution in [1.82, 2.24) is 4.90 Å². The van der Waals surface area contributed by atoms with Gasteiger partial charge in [0.1, 0.15) is 0 Å². The Morgan fingerprint density at radius 2 is 1.79 bits per heavy atom. The van der Waals surface area contributed by atoms with Crippen LogP contribution in [0, 0.1) is 5.92 Å². The van der Waals surface area contributed by atoms with Gasteiger partial charge >= 0.3 is 5.97 Å². The van der Waals surface area contributed by atoms with E-state index in [1.165, 1.54) is 0 Å². The van der Waals surface area contributed by atoms with Crippen molar-refractivity contribution in [3.63, 3.8) is 0 Å². The summed E-state index contributed by atoms with van der Waals surface area (Å²) < 4.78 is 0. The van der Waals surface area contributed by atoms with Crippen LogP contribution >= 0.6 is 23.2 Å². The van der Waals surface area contributed by atoms with E-state index in [0.717, 1.165) is 24.2 Å². The average molecular weight is 364 g/mol. The molecule has 2 aromatic rings. The zero-order chi connectivity index (χ0) is 17.1. The maximum atomic E-state index is 11.2. The molecular formula is C19H19Cl2NO2. The minimum absolute atomic E-state index is 0.0212. The lowest BCUT2D eigenvalue weighted by molar-refractivity contribution is -0.143. The van der Waals surface area contributed by atoms with Crippen LogP contribution in [-0.4, -0.2) is 29.1 Å². The van der Waals surface area contributed by atoms with Gasteiger partial charge in [0.15, 0.2) is 0 Å². The molecule has 0 bridgehead atoms. The summed E-state index contributed by atoms with van der Waals surface area (Å²) in [6.07, 6.45) is 1.30. The maximum absolute atomic E-state index is 11.2. The first-order valence-electron chi connectivity index (χ1n) is 8.03. The molecule has 1 fully saturated rings. The highest BCUT2D eigenvalue weighted by Gasteiger charge is 2.31. The molecule has 1 aliphatic heterocycles. The predicted molar refractivity (Wildman–Crippen MR) is 96.7 cm³/mol. The van der Waals surface area contributed by atoms with Gasteiger partial charge in [-0.15, -0.1) is 0 Å². The van der Waals surface area contributed by atoms with Crippen LogP contribution < -0.4 is 0 Å². The molecule has 0 aliphatic carbocycles. The zero-order valence-corrected chi connectivity index (χ0v) is 14.7. The predicted octanol–water partition coefficient (Wildman–Crippen LogP) is 4.88. The van der Waals surface area contributed by atoms with Crippen LogP contribution in [0.1, 0.15) is 30.0 Å². The standard InChI is InChI=1S/C19H19Cl2NO2/c20-15-5-3-4-14(12-15)18(16-6-1-2-7-17(16)21)22-10-8-13(9-11-22)19(23)24/h1-7,12-13,18H,8-11H2,(H,23,24). The molecule has 3 rings (SSSR count). The van der Waals surface area contributed by atoms with Gasteiger partial charge in [-0.25, -0.2) is 0 Å². The van der Waals surface area contributed by atoms with E-state index in [2.05, 4.69) is 4.90 Å². The lowest BCUT2D eigenvalue weighted by Crippen LogP contribution is -2.39. The van der Waals surface area contributed by atoms with E-state index in [0.29, 0.717) is 22.9 Å². The summed E-state index contributed by atoms with van der Waals surface area (Å²) in [5, 5.41) is 10.6. The molecule has 0 aromatic heterocycles. The first kappa shape index (κ1) is 17.3. The molecule has 1 saturated heterocycles. The number of nitrogens with zero attached hydrogens (tertiary/aromatic N) is 1. The van der Waals surface area contributed by atoms with Crippen molar-refractivity contribution < 1.29 is 9.90 Å². The van der Waals surface area contributed by atoms with Gasteiger partial charge in [-0.1, -0.05) is 53.5 Å². The lowest BCUT2D eigenvalue weighted by atomic mass is 9.91. The smallest absolute Gasteiger partial charge is 0.306 e. The molecule has 1 atom stereocenters. The fourth-order valence-corrected chi connectivity index (χ4v) is 3.80. The molecular weight excluding hydrogens is 345 g/mol. The first-order chi connectivity index (χ1) is 11.6. The van der Waals surface area contributed by atoms with Gasteiger partial charge in [0.25, 0.3) is 0 Å². The normalized spacial score (nSPS) is 17.6. The van der Waals surface area contributed by atoms with Crippen molar-refractivity contribution in [2.75, 3.05) is 13.1 Å². The van der Waals surface area contributed by atoms with Gasteiger partial charge in [-0.2, -0.15) is 0 Å². The van der Waals surface area contributed by atoms with Gasteiger partial charge in [0.2, 0.25) is 0 Å². The van der Waals surface area contributed by atoms with Gasteiger partial charge in [-0.05, 0) is 55.3 Å². The van der Waals surface area contributed by atoms with Crippen molar-refractivity contribution in [2.45, 2.75) is 18.9 Å². The zero-order valence-electron chi connectivity index (χ0n) is 13.2. The molecule has 3 nitrogen and oxygen atoms in total. The van der Waals surface area contributed by atoms with E-state index >= 15 is 0 Å². The van der Waals surface area contributed by atoms with Gasteiger partial charge in [0.05, 0.1) is 12.0 Å². The van der Waals surface area contributed by atoms with E-state index < -0.39 is 5.97 Å². The lowest BCUT2D eigenvalue weighted by Gasteiger charge is -2.37. The summed E-state index contributed by atoms with van der Waals surface area (Å²) in [6.45, 7) is 1.44. The molecule has 1 aliphatic rings. The van der Waals surface area contributed by atoms with E-state index in [9.17, 15) is 9.90 Å². The van der Waals surface area contributed by atoms with Crippen LogP contribution in [0.3, 0.4) is 0 Å². The first-order valence-corrected chi connectivity index (χ1v) is 8.78. The highest BCUT2D eigenvalue weighted by molar-refractivity contribution is 6.31. The highest BCUT2D eigenvalue weighted by atomic mass is 35.5. The Labute approximate surface area is 151 Å². The molecule has 1 heterocycles. The molecule has 1 unspecified atom stereocenters. The van der Waals surface area contributed by atoms with Crippen molar-refractivity contribution >= 4 is 29.2 Å². The number of hydrogen-bond acceptors (Lipinski definition) is 2. The number of aliphatic carboxylic acids is 1. The molecule has 126 valence electrons. The number of piperidine rings is 1. The van der Waals surface area contributed by atoms with Gasteiger partial charge in [0, 0.05) is 10.0 Å². The quantitative estimate of drug-likeness (QED) is 0.841. The fourth-order valence-electron chi connectivity index (χ4n) is 3.37. The van der Waals surface area contributed by atoms with Crippen LogP contribution in [0.4, 0.5) is 0 Å². The largest absolute Gasteiger partial charge is 0.481 e. The summed E-state index contributed by atoms with van der Waals surface area (Å²) in [4.78, 5) is 13.5. The summed E-state index contributed by atoms with van der Waals surface area (Å²) in [7, 11) is 0. The topological polar surface area (TPSA) is 40.5 Å². The average Bonchev–Trinajstić information content (AvgIpc) is 2.57. The molecule has 0 saturated carbocycles. The second-order valence-corrected chi connectivity index (χ2v) is 6.97. The maximum Gasteiger partial charge on any atom is 0.306 e. The number of likely N-dealkylation sites (tertiary alicyclic amines) is 1. The molecule has 5 heteroatoms. The molecule has 0 spiro atoms. The third-order valence-corrected chi connectivity index (χ3v) is 5.19. The van der Waals surface area contributed by atoms with Crippen molar-refractivity contribution in [2.24, 2.45) is 5.92 Å². The number of hydrogen-bond donors (Lipinski definition) is 1. The van der Waals surface area contributed by atoms with Crippen molar-refractivity contribution in [1.29, 1.82) is 0 Å². The van der Waals surface area contributed by atoms with E-state index in [-0.39, 0.29) is 12.0 Å². The number of halogens is 2. The van der Waals surface area contributed by atoms with Gasteiger partial charge in [-0.3, -0.25) is 9.69 Å². The minimum Gasteiger partial charge on any atom is -0.481 e. The van der Waals surface area contributed by atoms with Crippen LogP contribution in [0.25, 0.3) is 0 Å².